The van der Waals surface area contributed by atoms with Crippen molar-refractivity contribution in [3.8, 4) is 6.07 Å². The van der Waals surface area contributed by atoms with Gasteiger partial charge in [0, 0.05) is 37.0 Å². The normalized spacial score (nSPS) is 16.5. The summed E-state index contributed by atoms with van der Waals surface area (Å²) in [6, 6.07) is 7.58. The van der Waals surface area contributed by atoms with Crippen LogP contribution in [0.2, 0.25) is 0 Å². The monoisotopic (exact) mass is 340 g/mol. The first-order chi connectivity index (χ1) is 12.0. The smallest absolute Gasteiger partial charge is 0.292 e. The molecule has 128 valence electrons. The standard InChI is InChI=1S/C16H16N6O3/c1-10-6-15(23)20-16(18-10)21-5-4-12(9-21)19-13-7-11(8-17)2-3-14(13)22(24)25/h2-3,6-7,12,19H,4-5,9H2,1H3,(H,18,20,23). The maximum atomic E-state index is 11.6. The van der Waals surface area contributed by atoms with Crippen molar-refractivity contribution in [1.29, 1.82) is 5.26 Å². The third kappa shape index (κ3) is 3.58. The average molecular weight is 340 g/mol. The molecule has 2 N–H and O–H groups in total. The molecule has 1 fully saturated rings. The molecular weight excluding hydrogens is 324 g/mol. The number of benzene rings is 1. The van der Waals surface area contributed by atoms with Gasteiger partial charge in [0.25, 0.3) is 11.2 Å². The van der Waals surface area contributed by atoms with Gasteiger partial charge in [-0.05, 0) is 25.5 Å². The largest absolute Gasteiger partial charge is 0.375 e. The number of nitrogens with zero attached hydrogens (tertiary/aromatic N) is 4. The lowest BCUT2D eigenvalue weighted by molar-refractivity contribution is -0.384. The lowest BCUT2D eigenvalue weighted by atomic mass is 10.1. The van der Waals surface area contributed by atoms with Crippen LogP contribution in [0.15, 0.2) is 29.1 Å². The van der Waals surface area contributed by atoms with E-state index >= 15 is 0 Å². The van der Waals surface area contributed by atoms with Crippen LogP contribution in [-0.4, -0.2) is 34.0 Å². The molecule has 1 unspecified atom stereocenters. The van der Waals surface area contributed by atoms with Gasteiger partial charge in [-0.2, -0.15) is 5.26 Å². The van der Waals surface area contributed by atoms with Gasteiger partial charge in [0.1, 0.15) is 5.69 Å². The molecule has 0 bridgehead atoms. The number of aryl methyl sites for hydroxylation is 1. The van der Waals surface area contributed by atoms with Gasteiger partial charge in [-0.25, -0.2) is 4.98 Å². The number of nitriles is 1. The molecule has 9 nitrogen and oxygen atoms in total. The summed E-state index contributed by atoms with van der Waals surface area (Å²) >= 11 is 0. The molecule has 0 radical (unpaired) electrons. The second kappa shape index (κ2) is 6.60. The van der Waals surface area contributed by atoms with Crippen LogP contribution in [0.1, 0.15) is 17.7 Å². The molecule has 25 heavy (non-hydrogen) atoms. The van der Waals surface area contributed by atoms with Crippen molar-refractivity contribution in [3.05, 3.63) is 56.0 Å². The van der Waals surface area contributed by atoms with E-state index in [-0.39, 0.29) is 17.3 Å². The Morgan fingerprint density at radius 1 is 1.48 bits per heavy atom. The molecule has 2 aromatic rings. The third-order valence-electron chi connectivity index (χ3n) is 4.03. The van der Waals surface area contributed by atoms with Crippen LogP contribution in [0.25, 0.3) is 0 Å². The molecular formula is C16H16N6O3. The summed E-state index contributed by atoms with van der Waals surface area (Å²) in [4.78, 5) is 31.2. The Labute approximate surface area is 143 Å². The third-order valence-corrected chi connectivity index (χ3v) is 4.03. The van der Waals surface area contributed by atoms with E-state index in [0.29, 0.717) is 36.0 Å². The topological polar surface area (TPSA) is 128 Å². The van der Waals surface area contributed by atoms with Crippen molar-refractivity contribution in [2.75, 3.05) is 23.3 Å². The van der Waals surface area contributed by atoms with Crippen molar-refractivity contribution in [2.24, 2.45) is 0 Å². The van der Waals surface area contributed by atoms with E-state index < -0.39 is 4.92 Å². The zero-order valence-corrected chi connectivity index (χ0v) is 13.5. The van der Waals surface area contributed by atoms with Gasteiger partial charge in [0.15, 0.2) is 0 Å². The molecule has 9 heteroatoms. The van der Waals surface area contributed by atoms with Crippen LogP contribution in [0.3, 0.4) is 0 Å². The number of nitrogens with one attached hydrogen (secondary N) is 2. The second-order valence-corrected chi connectivity index (χ2v) is 5.89. The van der Waals surface area contributed by atoms with E-state index in [4.69, 9.17) is 5.26 Å². The highest BCUT2D eigenvalue weighted by atomic mass is 16.6. The molecule has 1 aromatic heterocycles. The summed E-state index contributed by atoms with van der Waals surface area (Å²) in [5.41, 5.74) is 1.03. The Kier molecular flexibility index (Phi) is 4.35. The number of nitro groups is 1. The van der Waals surface area contributed by atoms with Crippen LogP contribution in [-0.2, 0) is 0 Å². The lowest BCUT2D eigenvalue weighted by Gasteiger charge is -2.18. The number of nitro benzene ring substituents is 1. The number of aromatic amines is 1. The minimum absolute atomic E-state index is 0.0570. The van der Waals surface area contributed by atoms with Gasteiger partial charge in [-0.15, -0.1) is 0 Å². The number of rotatable bonds is 4. The number of anilines is 2. The number of H-pyrrole nitrogens is 1. The summed E-state index contributed by atoms with van der Waals surface area (Å²) < 4.78 is 0. The first kappa shape index (κ1) is 16.4. The van der Waals surface area contributed by atoms with Crippen molar-refractivity contribution in [2.45, 2.75) is 19.4 Å². The van der Waals surface area contributed by atoms with Crippen LogP contribution in [0, 0.1) is 28.4 Å². The van der Waals surface area contributed by atoms with Crippen molar-refractivity contribution < 1.29 is 4.92 Å². The molecule has 0 amide bonds. The molecule has 1 atom stereocenters. The van der Waals surface area contributed by atoms with E-state index in [1.54, 1.807) is 6.92 Å². The Bertz CT molecular complexity index is 917. The molecule has 3 rings (SSSR count). The highest BCUT2D eigenvalue weighted by molar-refractivity contribution is 5.65. The van der Waals surface area contributed by atoms with E-state index in [0.717, 1.165) is 6.42 Å². The molecule has 1 saturated heterocycles. The summed E-state index contributed by atoms with van der Waals surface area (Å²) in [5, 5.41) is 23.3. The first-order valence-electron chi connectivity index (χ1n) is 7.74. The molecule has 1 aliphatic rings. The molecule has 2 heterocycles. The van der Waals surface area contributed by atoms with Gasteiger partial charge in [-0.3, -0.25) is 19.9 Å². The van der Waals surface area contributed by atoms with Gasteiger partial charge in [0.2, 0.25) is 5.95 Å². The highest BCUT2D eigenvalue weighted by Crippen LogP contribution is 2.28. The SMILES string of the molecule is Cc1cc(=O)[nH]c(N2CCC(Nc3cc(C#N)ccc3[N+](=O)[O-])C2)n1. The van der Waals surface area contributed by atoms with E-state index in [2.05, 4.69) is 15.3 Å². The fraction of sp³-hybridized carbons (Fsp3) is 0.312. The fourth-order valence-corrected chi connectivity index (χ4v) is 2.88. The van der Waals surface area contributed by atoms with Crippen LogP contribution in [0.4, 0.5) is 17.3 Å². The van der Waals surface area contributed by atoms with Crippen molar-refractivity contribution in [3.63, 3.8) is 0 Å². The number of aromatic nitrogens is 2. The average Bonchev–Trinajstić information content (AvgIpc) is 3.02. The molecule has 1 aromatic carbocycles. The minimum atomic E-state index is -0.476. The van der Waals surface area contributed by atoms with Crippen LogP contribution >= 0.6 is 0 Å². The predicted octanol–water partition coefficient (Wildman–Crippen LogP) is 1.55. The Hall–Kier alpha value is -3.41. The summed E-state index contributed by atoms with van der Waals surface area (Å²) in [6.45, 7) is 2.96. The molecule has 1 aliphatic heterocycles. The maximum absolute atomic E-state index is 11.6. The van der Waals surface area contributed by atoms with Crippen LogP contribution in [0.5, 0.6) is 0 Å². The fourth-order valence-electron chi connectivity index (χ4n) is 2.88. The van der Waals surface area contributed by atoms with Crippen molar-refractivity contribution in [1.82, 2.24) is 9.97 Å². The molecule has 0 saturated carbocycles. The minimum Gasteiger partial charge on any atom is -0.375 e. The zero-order chi connectivity index (χ0) is 18.0. The number of hydrogen-bond donors (Lipinski definition) is 2. The Morgan fingerprint density at radius 2 is 2.28 bits per heavy atom. The molecule has 0 aliphatic carbocycles. The lowest BCUT2D eigenvalue weighted by Crippen LogP contribution is -2.29. The summed E-state index contributed by atoms with van der Waals surface area (Å²) in [7, 11) is 0. The summed E-state index contributed by atoms with van der Waals surface area (Å²) in [5.74, 6) is 0.495. The quantitative estimate of drug-likeness (QED) is 0.638. The van der Waals surface area contributed by atoms with Gasteiger partial charge in [-0.1, -0.05) is 0 Å². The van der Waals surface area contributed by atoms with Crippen LogP contribution < -0.4 is 15.8 Å². The predicted molar refractivity (Wildman–Crippen MR) is 91.6 cm³/mol. The van der Waals surface area contributed by atoms with E-state index in [1.165, 1.54) is 24.3 Å². The molecule has 0 spiro atoms. The van der Waals surface area contributed by atoms with E-state index in [1.807, 2.05) is 11.0 Å². The maximum Gasteiger partial charge on any atom is 0.292 e. The van der Waals surface area contributed by atoms with Gasteiger partial charge in [0.05, 0.1) is 16.6 Å². The Morgan fingerprint density at radius 3 is 2.96 bits per heavy atom. The second-order valence-electron chi connectivity index (χ2n) is 5.89. The van der Waals surface area contributed by atoms with Gasteiger partial charge >= 0.3 is 0 Å². The van der Waals surface area contributed by atoms with E-state index in [9.17, 15) is 14.9 Å². The number of hydrogen-bond acceptors (Lipinski definition) is 7. The van der Waals surface area contributed by atoms with Crippen molar-refractivity contribution >= 4 is 17.3 Å². The zero-order valence-electron chi connectivity index (χ0n) is 13.5. The van der Waals surface area contributed by atoms with Gasteiger partial charge < -0.3 is 10.2 Å². The highest BCUT2D eigenvalue weighted by Gasteiger charge is 2.26. The first-order valence-corrected chi connectivity index (χ1v) is 7.74. The summed E-state index contributed by atoms with van der Waals surface area (Å²) in [6.07, 6.45) is 0.728. The Balaban J connectivity index is 1.78.